The Kier molecular flexibility index (Phi) is 3.17. The van der Waals surface area contributed by atoms with Gasteiger partial charge in [-0.1, -0.05) is 60.7 Å². The smallest absolute Gasteiger partial charge is 0.238 e. The quantitative estimate of drug-likeness (QED) is 0.637. The van der Waals surface area contributed by atoms with E-state index in [2.05, 4.69) is 24.3 Å². The first-order chi connectivity index (χ1) is 12.2. The number of benzene rings is 2. The Labute approximate surface area is 147 Å². The Balaban J connectivity index is 1.52. The third kappa shape index (κ3) is 2.12. The molecule has 5 rings (SSSR count). The summed E-state index contributed by atoms with van der Waals surface area (Å²) in [6.45, 7) is 0. The number of carbonyl (C=O) groups is 2. The molecule has 0 N–H and O–H groups in total. The van der Waals surface area contributed by atoms with Crippen LogP contribution in [-0.4, -0.2) is 11.8 Å². The molecule has 0 unspecified atom stereocenters. The molecule has 0 spiro atoms. The predicted molar refractivity (Wildman–Crippen MR) is 95.9 cm³/mol. The van der Waals surface area contributed by atoms with E-state index < -0.39 is 0 Å². The fourth-order valence-electron chi connectivity index (χ4n) is 4.83. The molecule has 3 nitrogen and oxygen atoms in total. The summed E-state index contributed by atoms with van der Waals surface area (Å²) in [7, 11) is 0. The van der Waals surface area contributed by atoms with Crippen molar-refractivity contribution in [3.63, 3.8) is 0 Å². The van der Waals surface area contributed by atoms with Gasteiger partial charge in [-0.15, -0.1) is 0 Å². The van der Waals surface area contributed by atoms with Crippen LogP contribution in [0.3, 0.4) is 0 Å². The molecule has 2 aromatic rings. The second-order valence-electron chi connectivity index (χ2n) is 7.30. The van der Waals surface area contributed by atoms with Gasteiger partial charge >= 0.3 is 0 Å². The van der Waals surface area contributed by atoms with Crippen LogP contribution >= 0.6 is 0 Å². The summed E-state index contributed by atoms with van der Waals surface area (Å²) in [4.78, 5) is 27.6. The lowest BCUT2D eigenvalue weighted by Gasteiger charge is -2.20. The van der Waals surface area contributed by atoms with Crippen LogP contribution in [0.25, 0.3) is 0 Å². The van der Waals surface area contributed by atoms with Crippen molar-refractivity contribution in [2.45, 2.75) is 12.8 Å². The molecule has 25 heavy (non-hydrogen) atoms. The van der Waals surface area contributed by atoms with E-state index in [0.717, 1.165) is 17.7 Å². The molecule has 0 radical (unpaired) electrons. The van der Waals surface area contributed by atoms with Crippen molar-refractivity contribution in [2.24, 2.45) is 23.7 Å². The minimum Gasteiger partial charge on any atom is -0.274 e. The summed E-state index contributed by atoms with van der Waals surface area (Å²) in [5, 5.41) is 0. The van der Waals surface area contributed by atoms with Crippen LogP contribution < -0.4 is 4.90 Å². The van der Waals surface area contributed by atoms with Gasteiger partial charge in [-0.2, -0.15) is 0 Å². The largest absolute Gasteiger partial charge is 0.274 e. The van der Waals surface area contributed by atoms with Gasteiger partial charge in [-0.3, -0.25) is 9.59 Å². The van der Waals surface area contributed by atoms with E-state index in [1.807, 2.05) is 42.5 Å². The minimum absolute atomic E-state index is 0.00707. The zero-order valence-electron chi connectivity index (χ0n) is 13.8. The molecular weight excluding hydrogens is 310 g/mol. The van der Waals surface area contributed by atoms with Gasteiger partial charge < -0.3 is 0 Å². The van der Waals surface area contributed by atoms with Crippen LogP contribution in [0.2, 0.25) is 0 Å². The lowest BCUT2D eigenvalue weighted by molar-refractivity contribution is -0.123. The second-order valence-corrected chi connectivity index (χ2v) is 7.30. The highest BCUT2D eigenvalue weighted by molar-refractivity contribution is 6.23. The van der Waals surface area contributed by atoms with Crippen LogP contribution in [-0.2, 0) is 16.0 Å². The van der Waals surface area contributed by atoms with Crippen molar-refractivity contribution in [3.8, 4) is 0 Å². The van der Waals surface area contributed by atoms with Gasteiger partial charge in [0.1, 0.15) is 0 Å². The van der Waals surface area contributed by atoms with Gasteiger partial charge in [-0.05, 0) is 41.9 Å². The van der Waals surface area contributed by atoms with Crippen molar-refractivity contribution in [1.29, 1.82) is 0 Å². The molecule has 2 fully saturated rings. The van der Waals surface area contributed by atoms with E-state index >= 15 is 0 Å². The number of imide groups is 1. The Morgan fingerprint density at radius 1 is 0.800 bits per heavy atom. The maximum absolute atomic E-state index is 13.1. The van der Waals surface area contributed by atoms with Crippen molar-refractivity contribution >= 4 is 17.5 Å². The highest BCUT2D eigenvalue weighted by atomic mass is 16.2. The molecule has 2 aromatic carbocycles. The molecular formula is C22H19NO2. The highest BCUT2D eigenvalue weighted by Gasteiger charge is 2.59. The summed E-state index contributed by atoms with van der Waals surface area (Å²) >= 11 is 0. The number of fused-ring (bicyclic) bond motifs is 5. The number of hydrogen-bond donors (Lipinski definition) is 0. The Hall–Kier alpha value is -2.68. The number of amides is 2. The third-order valence-electron chi connectivity index (χ3n) is 5.94. The number of hydrogen-bond acceptors (Lipinski definition) is 2. The summed E-state index contributed by atoms with van der Waals surface area (Å²) in [6, 6.07) is 18.0. The molecule has 0 aromatic heterocycles. The Morgan fingerprint density at radius 2 is 1.40 bits per heavy atom. The summed E-state index contributed by atoms with van der Waals surface area (Å²) in [6.07, 6.45) is 5.95. The molecule has 124 valence electrons. The lowest BCUT2D eigenvalue weighted by Crippen LogP contribution is -2.33. The zero-order valence-corrected chi connectivity index (χ0v) is 13.8. The Morgan fingerprint density at radius 3 is 2.08 bits per heavy atom. The van der Waals surface area contributed by atoms with Gasteiger partial charge in [-0.25, -0.2) is 4.90 Å². The first kappa shape index (κ1) is 14.6. The van der Waals surface area contributed by atoms with E-state index in [9.17, 15) is 9.59 Å². The van der Waals surface area contributed by atoms with E-state index in [1.165, 1.54) is 10.5 Å². The molecule has 3 heteroatoms. The van der Waals surface area contributed by atoms with Crippen LogP contribution in [0.15, 0.2) is 66.7 Å². The molecule has 2 aliphatic carbocycles. The molecule has 1 aliphatic heterocycles. The first-order valence-corrected chi connectivity index (χ1v) is 8.92. The molecule has 4 atom stereocenters. The normalized spacial score (nSPS) is 29.5. The van der Waals surface area contributed by atoms with Gasteiger partial charge in [0.2, 0.25) is 11.8 Å². The van der Waals surface area contributed by atoms with E-state index in [1.54, 1.807) is 0 Å². The van der Waals surface area contributed by atoms with E-state index in [4.69, 9.17) is 0 Å². The number of allylic oxidation sites excluding steroid dienone is 2. The average molecular weight is 329 g/mol. The maximum atomic E-state index is 13.1. The predicted octanol–water partition coefficient (Wildman–Crippen LogP) is 3.59. The Bertz CT molecular complexity index is 856. The summed E-state index contributed by atoms with van der Waals surface area (Å²) in [5.74, 6) is 0.190. The van der Waals surface area contributed by atoms with Crippen molar-refractivity contribution in [2.75, 3.05) is 4.90 Å². The van der Waals surface area contributed by atoms with Crippen LogP contribution in [0.5, 0.6) is 0 Å². The van der Waals surface area contributed by atoms with Crippen LogP contribution in [0, 0.1) is 23.7 Å². The molecule has 2 amide bonds. The number of nitrogens with zero attached hydrogens (tertiary/aromatic N) is 1. The van der Waals surface area contributed by atoms with Gasteiger partial charge in [0.15, 0.2) is 0 Å². The maximum Gasteiger partial charge on any atom is 0.238 e. The van der Waals surface area contributed by atoms with Crippen molar-refractivity contribution < 1.29 is 9.59 Å². The summed E-state index contributed by atoms with van der Waals surface area (Å²) in [5.41, 5.74) is 2.96. The fourth-order valence-corrected chi connectivity index (χ4v) is 4.83. The number of rotatable bonds is 3. The standard InChI is InChI=1S/C22H19NO2/c24-21-19-16-10-11-17(13-16)20(19)22(25)23(21)18-9-5-4-8-15(18)12-14-6-2-1-3-7-14/h1-11,16-17,19-20H,12-13H2/t16-,17-,19+,20+/m0/s1. The zero-order chi connectivity index (χ0) is 17.0. The van der Waals surface area contributed by atoms with E-state index in [-0.39, 0.29) is 35.5 Å². The lowest BCUT2D eigenvalue weighted by atomic mass is 9.85. The first-order valence-electron chi connectivity index (χ1n) is 8.92. The summed E-state index contributed by atoms with van der Waals surface area (Å²) < 4.78 is 0. The molecule has 1 saturated heterocycles. The van der Waals surface area contributed by atoms with E-state index in [0.29, 0.717) is 6.42 Å². The van der Waals surface area contributed by atoms with Crippen LogP contribution in [0.4, 0.5) is 5.69 Å². The van der Waals surface area contributed by atoms with Gasteiger partial charge in [0.25, 0.3) is 0 Å². The molecule has 1 heterocycles. The molecule has 1 saturated carbocycles. The number of anilines is 1. The van der Waals surface area contributed by atoms with Gasteiger partial charge in [0.05, 0.1) is 17.5 Å². The third-order valence-corrected chi connectivity index (χ3v) is 5.94. The average Bonchev–Trinajstić information content (AvgIpc) is 3.31. The van der Waals surface area contributed by atoms with Crippen LogP contribution in [0.1, 0.15) is 17.5 Å². The SMILES string of the molecule is O=C1[C@H]2[C@H](C(=O)N1c1ccccc1Cc1ccccc1)[C@H]1C=C[C@H]2C1. The minimum atomic E-state index is -0.146. The monoisotopic (exact) mass is 329 g/mol. The fraction of sp³-hybridized carbons (Fsp3) is 0.273. The topological polar surface area (TPSA) is 37.4 Å². The highest BCUT2D eigenvalue weighted by Crippen LogP contribution is 2.53. The van der Waals surface area contributed by atoms with Gasteiger partial charge in [0, 0.05) is 0 Å². The number of carbonyl (C=O) groups excluding carboxylic acids is 2. The number of para-hydroxylation sites is 1. The molecule has 2 bridgehead atoms. The second kappa shape index (κ2) is 5.41. The van der Waals surface area contributed by atoms with Crippen molar-refractivity contribution in [3.05, 3.63) is 77.9 Å². The van der Waals surface area contributed by atoms with Crippen molar-refractivity contribution in [1.82, 2.24) is 0 Å². The molecule has 3 aliphatic rings.